The Morgan fingerprint density at radius 3 is 2.89 bits per heavy atom. The molecule has 0 aliphatic heterocycles. The highest BCUT2D eigenvalue weighted by Gasteiger charge is 2.11. The Bertz CT molecular complexity index is 352. The number of methoxy groups -OCH3 is 1. The van der Waals surface area contributed by atoms with Crippen LogP contribution >= 0.6 is 11.6 Å². The Labute approximate surface area is 113 Å². The van der Waals surface area contributed by atoms with Gasteiger partial charge in [0.25, 0.3) is 0 Å². The van der Waals surface area contributed by atoms with Gasteiger partial charge in [-0.15, -0.1) is 0 Å². The topological polar surface area (TPSA) is 21.3 Å². The largest absolute Gasteiger partial charge is 0.385 e. The lowest BCUT2D eigenvalue weighted by atomic mass is 10.0. The number of benzene rings is 1. The predicted molar refractivity (Wildman–Crippen MR) is 73.7 cm³/mol. The van der Waals surface area contributed by atoms with E-state index in [1.807, 2.05) is 0 Å². The van der Waals surface area contributed by atoms with Crippen molar-refractivity contribution in [1.29, 1.82) is 0 Å². The predicted octanol–water partition coefficient (Wildman–Crippen LogP) is 3.43. The summed E-state index contributed by atoms with van der Waals surface area (Å²) in [7, 11) is 1.69. The highest BCUT2D eigenvalue weighted by atomic mass is 35.5. The standard InChI is InChI=1S/C14H21ClFNO/c1-3-7-17-13(6-8-18-2)10-11-9-12(16)4-5-14(11)15/h4-5,9,13,17H,3,6-8,10H2,1-2H3. The molecule has 0 saturated carbocycles. The minimum Gasteiger partial charge on any atom is -0.385 e. The van der Waals surface area contributed by atoms with Crippen LogP contribution in [0.5, 0.6) is 0 Å². The van der Waals surface area contributed by atoms with E-state index in [0.29, 0.717) is 11.6 Å². The second kappa shape index (κ2) is 8.46. The molecule has 102 valence electrons. The second-order valence-corrected chi connectivity index (χ2v) is 4.78. The molecule has 0 fully saturated rings. The van der Waals surface area contributed by atoms with Crippen molar-refractivity contribution in [1.82, 2.24) is 5.32 Å². The van der Waals surface area contributed by atoms with E-state index in [-0.39, 0.29) is 11.9 Å². The minimum absolute atomic E-state index is 0.240. The number of rotatable bonds is 8. The van der Waals surface area contributed by atoms with Crippen LogP contribution in [0, 0.1) is 5.82 Å². The van der Waals surface area contributed by atoms with E-state index < -0.39 is 0 Å². The molecule has 1 aromatic rings. The van der Waals surface area contributed by atoms with Gasteiger partial charge in [0.2, 0.25) is 0 Å². The van der Waals surface area contributed by atoms with E-state index in [4.69, 9.17) is 16.3 Å². The van der Waals surface area contributed by atoms with Crippen LogP contribution in [0.4, 0.5) is 4.39 Å². The van der Waals surface area contributed by atoms with Crippen molar-refractivity contribution in [3.05, 3.63) is 34.6 Å². The summed E-state index contributed by atoms with van der Waals surface area (Å²) >= 11 is 6.08. The molecular weight excluding hydrogens is 253 g/mol. The average molecular weight is 274 g/mol. The van der Waals surface area contributed by atoms with Crippen LogP contribution in [0.1, 0.15) is 25.3 Å². The third-order valence-corrected chi connectivity index (χ3v) is 3.20. The zero-order chi connectivity index (χ0) is 13.4. The molecule has 4 heteroatoms. The summed E-state index contributed by atoms with van der Waals surface area (Å²) in [4.78, 5) is 0. The van der Waals surface area contributed by atoms with E-state index in [9.17, 15) is 4.39 Å². The van der Waals surface area contributed by atoms with Crippen LogP contribution in [0.3, 0.4) is 0 Å². The molecule has 0 aliphatic carbocycles. The quantitative estimate of drug-likeness (QED) is 0.784. The van der Waals surface area contributed by atoms with Crippen LogP contribution < -0.4 is 5.32 Å². The van der Waals surface area contributed by atoms with Crippen molar-refractivity contribution < 1.29 is 9.13 Å². The smallest absolute Gasteiger partial charge is 0.123 e. The number of hydrogen-bond acceptors (Lipinski definition) is 2. The summed E-state index contributed by atoms with van der Waals surface area (Å²) in [6.45, 7) is 3.76. The molecule has 0 bridgehead atoms. The summed E-state index contributed by atoms with van der Waals surface area (Å²) in [5, 5.41) is 4.06. The van der Waals surface area contributed by atoms with Gasteiger partial charge in [-0.05, 0) is 49.6 Å². The molecule has 1 rings (SSSR count). The molecule has 0 aromatic heterocycles. The van der Waals surface area contributed by atoms with E-state index >= 15 is 0 Å². The Balaban J connectivity index is 2.65. The number of hydrogen-bond donors (Lipinski definition) is 1. The number of ether oxygens (including phenoxy) is 1. The maximum atomic E-state index is 13.2. The Hall–Kier alpha value is -0.640. The lowest BCUT2D eigenvalue weighted by Gasteiger charge is -2.19. The Morgan fingerprint density at radius 1 is 1.44 bits per heavy atom. The van der Waals surface area contributed by atoms with Gasteiger partial charge in [0.1, 0.15) is 5.82 Å². The SMILES string of the molecule is CCCNC(CCOC)Cc1cc(F)ccc1Cl. The summed E-state index contributed by atoms with van der Waals surface area (Å²) in [6, 6.07) is 4.77. The molecule has 0 aliphatic rings. The normalized spacial score (nSPS) is 12.7. The molecule has 0 spiro atoms. The highest BCUT2D eigenvalue weighted by molar-refractivity contribution is 6.31. The van der Waals surface area contributed by atoms with Crippen molar-refractivity contribution in [2.45, 2.75) is 32.2 Å². The first-order chi connectivity index (χ1) is 8.67. The number of halogens is 2. The first-order valence-electron chi connectivity index (χ1n) is 6.33. The van der Waals surface area contributed by atoms with Crippen LogP contribution in [0.15, 0.2) is 18.2 Å². The van der Waals surface area contributed by atoms with Gasteiger partial charge < -0.3 is 10.1 Å². The van der Waals surface area contributed by atoms with Gasteiger partial charge in [-0.2, -0.15) is 0 Å². The summed E-state index contributed by atoms with van der Waals surface area (Å²) in [6.07, 6.45) is 2.68. The Morgan fingerprint density at radius 2 is 2.22 bits per heavy atom. The van der Waals surface area contributed by atoms with E-state index in [0.717, 1.165) is 31.4 Å². The third kappa shape index (κ3) is 5.34. The molecule has 1 N–H and O–H groups in total. The molecule has 18 heavy (non-hydrogen) atoms. The Kier molecular flexibility index (Phi) is 7.25. The zero-order valence-corrected chi connectivity index (χ0v) is 11.8. The van der Waals surface area contributed by atoms with Crippen LogP contribution in [-0.2, 0) is 11.2 Å². The molecular formula is C14H21ClFNO. The van der Waals surface area contributed by atoms with Gasteiger partial charge >= 0.3 is 0 Å². The van der Waals surface area contributed by atoms with E-state index in [2.05, 4.69) is 12.2 Å². The molecule has 1 aromatic carbocycles. The average Bonchev–Trinajstić information content (AvgIpc) is 2.37. The van der Waals surface area contributed by atoms with Gasteiger partial charge in [0, 0.05) is 24.8 Å². The first kappa shape index (κ1) is 15.4. The molecule has 2 nitrogen and oxygen atoms in total. The fraction of sp³-hybridized carbons (Fsp3) is 0.571. The molecule has 0 saturated heterocycles. The molecule has 1 unspecified atom stereocenters. The monoisotopic (exact) mass is 273 g/mol. The summed E-state index contributed by atoms with van der Waals surface area (Å²) in [5.74, 6) is -0.240. The molecule has 1 atom stereocenters. The molecule has 0 amide bonds. The molecule has 0 heterocycles. The van der Waals surface area contributed by atoms with Crippen molar-refractivity contribution in [3.8, 4) is 0 Å². The fourth-order valence-corrected chi connectivity index (χ4v) is 2.04. The third-order valence-electron chi connectivity index (χ3n) is 2.83. The zero-order valence-electron chi connectivity index (χ0n) is 11.0. The fourth-order valence-electron chi connectivity index (χ4n) is 1.85. The summed E-state index contributed by atoms with van der Waals surface area (Å²) in [5.41, 5.74) is 0.848. The van der Waals surface area contributed by atoms with Gasteiger partial charge in [0.05, 0.1) is 0 Å². The van der Waals surface area contributed by atoms with Crippen LogP contribution in [0.2, 0.25) is 5.02 Å². The highest BCUT2D eigenvalue weighted by Crippen LogP contribution is 2.19. The van der Waals surface area contributed by atoms with E-state index in [1.54, 1.807) is 13.2 Å². The summed E-state index contributed by atoms with van der Waals surface area (Å²) < 4.78 is 18.3. The maximum Gasteiger partial charge on any atom is 0.123 e. The first-order valence-corrected chi connectivity index (χ1v) is 6.71. The van der Waals surface area contributed by atoms with Crippen LogP contribution in [0.25, 0.3) is 0 Å². The molecule has 0 radical (unpaired) electrons. The number of nitrogens with one attached hydrogen (secondary N) is 1. The van der Waals surface area contributed by atoms with Crippen molar-refractivity contribution in [3.63, 3.8) is 0 Å². The lowest BCUT2D eigenvalue weighted by Crippen LogP contribution is -2.33. The minimum atomic E-state index is -0.240. The van der Waals surface area contributed by atoms with E-state index in [1.165, 1.54) is 12.1 Å². The van der Waals surface area contributed by atoms with Gasteiger partial charge in [-0.3, -0.25) is 0 Å². The van der Waals surface area contributed by atoms with Gasteiger partial charge in [-0.25, -0.2) is 4.39 Å². The lowest BCUT2D eigenvalue weighted by molar-refractivity contribution is 0.182. The van der Waals surface area contributed by atoms with Gasteiger partial charge in [-0.1, -0.05) is 18.5 Å². The van der Waals surface area contributed by atoms with Crippen LogP contribution in [-0.4, -0.2) is 26.3 Å². The van der Waals surface area contributed by atoms with Crippen molar-refractivity contribution >= 4 is 11.6 Å². The second-order valence-electron chi connectivity index (χ2n) is 4.37. The van der Waals surface area contributed by atoms with Gasteiger partial charge in [0.15, 0.2) is 0 Å². The maximum absolute atomic E-state index is 13.2. The van der Waals surface area contributed by atoms with Crippen molar-refractivity contribution in [2.24, 2.45) is 0 Å². The van der Waals surface area contributed by atoms with Crippen molar-refractivity contribution in [2.75, 3.05) is 20.3 Å².